The van der Waals surface area contributed by atoms with Gasteiger partial charge < -0.3 is 10.4 Å². The number of anilines is 1. The molecule has 0 atom stereocenters. The van der Waals surface area contributed by atoms with Crippen molar-refractivity contribution >= 4 is 21.7 Å². The first-order valence-corrected chi connectivity index (χ1v) is 5.55. The van der Waals surface area contributed by atoms with Gasteiger partial charge in [0.2, 0.25) is 0 Å². The van der Waals surface area contributed by atoms with Gasteiger partial charge in [-0.05, 0) is 47.3 Å². The van der Waals surface area contributed by atoms with E-state index in [2.05, 4.69) is 26.2 Å². The van der Waals surface area contributed by atoms with Gasteiger partial charge in [0.1, 0.15) is 10.4 Å². The highest BCUT2D eigenvalue weighted by Gasteiger charge is 2.36. The molecular weight excluding hydrogens is 244 g/mol. The fraction of sp³-hybridized carbons (Fsp3) is 0.500. The molecule has 0 spiro atoms. The quantitative estimate of drug-likeness (QED) is 0.816. The highest BCUT2D eigenvalue weighted by Crippen LogP contribution is 2.34. The van der Waals surface area contributed by atoms with E-state index in [0.717, 1.165) is 23.3 Å². The Morgan fingerprint density at radius 1 is 1.50 bits per heavy atom. The number of nitrogens with one attached hydrogen (secondary N) is 1. The minimum atomic E-state index is -0.117. The van der Waals surface area contributed by atoms with Crippen LogP contribution >= 0.6 is 15.9 Å². The van der Waals surface area contributed by atoms with Crippen LogP contribution in [0.5, 0.6) is 0 Å². The molecule has 0 bridgehead atoms. The minimum absolute atomic E-state index is 0.117. The zero-order valence-electron chi connectivity index (χ0n) is 7.83. The van der Waals surface area contributed by atoms with Gasteiger partial charge in [-0.2, -0.15) is 0 Å². The molecule has 76 valence electrons. The number of pyridine rings is 1. The Morgan fingerprint density at radius 2 is 2.29 bits per heavy atom. The van der Waals surface area contributed by atoms with Crippen LogP contribution in [0.15, 0.2) is 22.8 Å². The molecule has 0 saturated heterocycles. The third-order valence-electron chi connectivity index (χ3n) is 2.72. The summed E-state index contributed by atoms with van der Waals surface area (Å²) in [6, 6.07) is 5.74. The van der Waals surface area contributed by atoms with Crippen molar-refractivity contribution in [1.82, 2.24) is 4.98 Å². The molecule has 1 fully saturated rings. The molecule has 1 heterocycles. The predicted octanol–water partition coefficient (Wildman–Crippen LogP) is 2.17. The third-order valence-corrected chi connectivity index (χ3v) is 3.16. The highest BCUT2D eigenvalue weighted by atomic mass is 79.9. The van der Waals surface area contributed by atoms with Crippen molar-refractivity contribution in [3.63, 3.8) is 0 Å². The summed E-state index contributed by atoms with van der Waals surface area (Å²) in [4.78, 5) is 4.28. The minimum Gasteiger partial charge on any atom is -0.394 e. The summed E-state index contributed by atoms with van der Waals surface area (Å²) in [6.07, 6.45) is 3.23. The Balaban J connectivity index is 2.09. The van der Waals surface area contributed by atoms with Crippen LogP contribution in [0.1, 0.15) is 19.3 Å². The van der Waals surface area contributed by atoms with Crippen molar-refractivity contribution in [1.29, 1.82) is 0 Å². The van der Waals surface area contributed by atoms with E-state index in [1.165, 1.54) is 6.42 Å². The summed E-state index contributed by atoms with van der Waals surface area (Å²) >= 11 is 3.32. The average Bonchev–Trinajstić information content (AvgIpc) is 2.11. The maximum Gasteiger partial charge on any atom is 0.127 e. The molecule has 1 aliphatic rings. The summed E-state index contributed by atoms with van der Waals surface area (Å²) < 4.78 is 0.815. The predicted molar refractivity (Wildman–Crippen MR) is 59.2 cm³/mol. The molecule has 2 N–H and O–H groups in total. The van der Waals surface area contributed by atoms with Gasteiger partial charge in [0.05, 0.1) is 12.1 Å². The van der Waals surface area contributed by atoms with E-state index in [-0.39, 0.29) is 12.1 Å². The summed E-state index contributed by atoms with van der Waals surface area (Å²) in [5.74, 6) is 0.827. The van der Waals surface area contributed by atoms with Crippen LogP contribution in [0, 0.1) is 0 Å². The molecule has 1 aliphatic carbocycles. The molecule has 0 unspecified atom stereocenters. The van der Waals surface area contributed by atoms with Crippen molar-refractivity contribution in [3.05, 3.63) is 22.8 Å². The van der Waals surface area contributed by atoms with Gasteiger partial charge >= 0.3 is 0 Å². The van der Waals surface area contributed by atoms with E-state index in [4.69, 9.17) is 0 Å². The fourth-order valence-corrected chi connectivity index (χ4v) is 2.02. The number of halogens is 1. The second-order valence-corrected chi connectivity index (χ2v) is 4.58. The summed E-state index contributed by atoms with van der Waals surface area (Å²) in [6.45, 7) is 0.182. The zero-order chi connectivity index (χ0) is 10.0. The van der Waals surface area contributed by atoms with Gasteiger partial charge in [-0.3, -0.25) is 0 Å². The molecule has 1 saturated carbocycles. The molecule has 0 amide bonds. The van der Waals surface area contributed by atoms with Gasteiger partial charge in [0.15, 0.2) is 0 Å². The summed E-state index contributed by atoms with van der Waals surface area (Å²) in [5, 5.41) is 12.6. The molecule has 0 aliphatic heterocycles. The van der Waals surface area contributed by atoms with Crippen molar-refractivity contribution in [2.24, 2.45) is 0 Å². The highest BCUT2D eigenvalue weighted by molar-refractivity contribution is 9.10. The molecular formula is C10H13BrN2O. The number of aromatic nitrogens is 1. The monoisotopic (exact) mass is 256 g/mol. The first-order valence-electron chi connectivity index (χ1n) is 4.76. The topological polar surface area (TPSA) is 45.1 Å². The molecule has 3 nitrogen and oxygen atoms in total. The smallest absolute Gasteiger partial charge is 0.127 e. The van der Waals surface area contributed by atoms with Crippen LogP contribution in [0.4, 0.5) is 5.82 Å². The molecule has 2 rings (SSSR count). The van der Waals surface area contributed by atoms with Crippen LogP contribution in [-0.4, -0.2) is 22.2 Å². The second-order valence-electron chi connectivity index (χ2n) is 3.76. The molecule has 1 aromatic heterocycles. The van der Waals surface area contributed by atoms with E-state index < -0.39 is 0 Å². The first kappa shape index (κ1) is 9.93. The number of aliphatic hydroxyl groups is 1. The molecule has 14 heavy (non-hydrogen) atoms. The summed E-state index contributed by atoms with van der Waals surface area (Å²) in [7, 11) is 0. The number of hydrogen-bond donors (Lipinski definition) is 2. The van der Waals surface area contributed by atoms with E-state index in [1.807, 2.05) is 18.2 Å². The second kappa shape index (κ2) is 3.87. The zero-order valence-corrected chi connectivity index (χ0v) is 9.42. The Labute approximate surface area is 91.7 Å². The van der Waals surface area contributed by atoms with Crippen LogP contribution in [0.2, 0.25) is 0 Å². The lowest BCUT2D eigenvalue weighted by molar-refractivity contribution is 0.144. The summed E-state index contributed by atoms with van der Waals surface area (Å²) in [5.41, 5.74) is -0.117. The molecule has 1 aromatic rings. The van der Waals surface area contributed by atoms with Gasteiger partial charge in [-0.1, -0.05) is 6.07 Å². The van der Waals surface area contributed by atoms with Gasteiger partial charge in [-0.25, -0.2) is 4.98 Å². The third kappa shape index (κ3) is 1.91. The van der Waals surface area contributed by atoms with E-state index >= 15 is 0 Å². The largest absolute Gasteiger partial charge is 0.394 e. The lowest BCUT2D eigenvalue weighted by atomic mass is 9.77. The maximum atomic E-state index is 9.27. The first-order chi connectivity index (χ1) is 6.74. The van der Waals surface area contributed by atoms with E-state index in [9.17, 15) is 5.11 Å². The van der Waals surface area contributed by atoms with Crippen LogP contribution < -0.4 is 5.32 Å². The van der Waals surface area contributed by atoms with E-state index in [0.29, 0.717) is 0 Å². The Bertz CT molecular complexity index is 320. The lowest BCUT2D eigenvalue weighted by Gasteiger charge is -2.41. The molecule has 4 heteroatoms. The number of aliphatic hydroxyl groups excluding tert-OH is 1. The fourth-order valence-electron chi connectivity index (χ4n) is 1.68. The number of hydrogen-bond acceptors (Lipinski definition) is 3. The Hall–Kier alpha value is -0.610. The van der Waals surface area contributed by atoms with Crippen LogP contribution in [0.3, 0.4) is 0 Å². The van der Waals surface area contributed by atoms with Crippen molar-refractivity contribution < 1.29 is 5.11 Å². The Kier molecular flexibility index (Phi) is 2.74. The number of nitrogens with zero attached hydrogens (tertiary/aromatic N) is 1. The van der Waals surface area contributed by atoms with E-state index in [1.54, 1.807) is 0 Å². The van der Waals surface area contributed by atoms with Gasteiger partial charge in [0, 0.05) is 0 Å². The van der Waals surface area contributed by atoms with Crippen LogP contribution in [0.25, 0.3) is 0 Å². The van der Waals surface area contributed by atoms with Crippen LogP contribution in [-0.2, 0) is 0 Å². The van der Waals surface area contributed by atoms with Crippen molar-refractivity contribution in [2.45, 2.75) is 24.8 Å². The van der Waals surface area contributed by atoms with Gasteiger partial charge in [-0.15, -0.1) is 0 Å². The molecule has 0 aromatic carbocycles. The standard InChI is InChI=1S/C10H13BrN2O/c11-8-3-1-4-9(12-8)13-10(7-14)5-2-6-10/h1,3-4,14H,2,5-7H2,(H,12,13). The normalized spacial score (nSPS) is 18.7. The van der Waals surface area contributed by atoms with Crippen molar-refractivity contribution in [2.75, 3.05) is 11.9 Å². The molecule has 0 radical (unpaired) electrons. The number of rotatable bonds is 3. The SMILES string of the molecule is OCC1(Nc2cccc(Br)n2)CCC1. The lowest BCUT2D eigenvalue weighted by Crippen LogP contribution is -2.48. The Morgan fingerprint density at radius 3 is 2.79 bits per heavy atom. The van der Waals surface area contributed by atoms with Crippen molar-refractivity contribution in [3.8, 4) is 0 Å². The maximum absolute atomic E-state index is 9.27. The average molecular weight is 257 g/mol. The van der Waals surface area contributed by atoms with Gasteiger partial charge in [0.25, 0.3) is 0 Å².